The zero-order valence-corrected chi connectivity index (χ0v) is 19.3. The second-order valence-corrected chi connectivity index (χ2v) is 8.92. The first-order valence-electron chi connectivity index (χ1n) is 10.4. The summed E-state index contributed by atoms with van der Waals surface area (Å²) in [4.78, 5) is 20.5. The van der Waals surface area contributed by atoms with Crippen LogP contribution in [-0.4, -0.2) is 63.1 Å². The molecule has 4 N–H and O–H groups in total. The number of carbonyl (C=O) groups excluding carboxylic acids is 1. The molecule has 1 aliphatic heterocycles. The molecule has 3 heterocycles. The average molecular weight is 483 g/mol. The third-order valence-electron chi connectivity index (χ3n) is 5.58. The number of carbonyl (C=O) groups is 1. The number of halogens is 1. The first-order valence-corrected chi connectivity index (χ1v) is 11.6. The number of aryl methyl sites for hydroxylation is 1. The number of amides is 1. The predicted molar refractivity (Wildman–Crippen MR) is 130 cm³/mol. The number of aromatic amines is 1. The van der Waals surface area contributed by atoms with E-state index in [1.165, 1.54) is 16.8 Å². The normalized spacial score (nSPS) is 15.0. The highest BCUT2D eigenvalue weighted by Gasteiger charge is 2.29. The second-order valence-electron chi connectivity index (χ2n) is 7.64. The number of hydrogen-bond acceptors (Lipinski definition) is 6. The second kappa shape index (κ2) is 10.1. The molecule has 1 amide bonds. The summed E-state index contributed by atoms with van der Waals surface area (Å²) in [5.41, 5.74) is 1.49. The van der Waals surface area contributed by atoms with Crippen molar-refractivity contribution in [2.75, 3.05) is 19.6 Å². The number of fused-ring (bicyclic) bond motifs is 1. The lowest BCUT2D eigenvalue weighted by molar-refractivity contribution is -0.133. The maximum Gasteiger partial charge on any atom is 0.241 e. The number of nitrogens with zero attached hydrogens (tertiary/aromatic N) is 4. The number of nitrogens with one attached hydrogen (secondary N) is 4. The van der Waals surface area contributed by atoms with Crippen LogP contribution in [0, 0.1) is 22.1 Å². The van der Waals surface area contributed by atoms with Gasteiger partial charge in [-0.25, -0.2) is 4.72 Å². The topological polar surface area (TPSA) is 128 Å². The lowest BCUT2D eigenvalue weighted by Gasteiger charge is -2.35. The van der Waals surface area contributed by atoms with Crippen molar-refractivity contribution in [3.63, 3.8) is 0 Å². The van der Waals surface area contributed by atoms with Gasteiger partial charge in [-0.15, -0.1) is 0 Å². The highest BCUT2D eigenvalue weighted by molar-refractivity contribution is 7.97. The van der Waals surface area contributed by atoms with Crippen LogP contribution in [0.15, 0.2) is 47.6 Å². The Morgan fingerprint density at radius 3 is 3.00 bits per heavy atom. The molecule has 1 saturated heterocycles. The van der Waals surface area contributed by atoms with Gasteiger partial charge in [-0.05, 0) is 48.7 Å². The van der Waals surface area contributed by atoms with Gasteiger partial charge in [0.05, 0.1) is 23.9 Å². The third kappa shape index (κ3) is 5.06. The van der Waals surface area contributed by atoms with Crippen molar-refractivity contribution in [1.82, 2.24) is 24.1 Å². The zero-order valence-electron chi connectivity index (χ0n) is 17.7. The molecule has 3 aromatic rings. The summed E-state index contributed by atoms with van der Waals surface area (Å²) in [7, 11) is 0. The maximum atomic E-state index is 13.4. The molecule has 170 valence electrons. The Morgan fingerprint density at radius 2 is 2.24 bits per heavy atom. The minimum atomic E-state index is -0.557. The van der Waals surface area contributed by atoms with E-state index in [0.717, 1.165) is 22.1 Å². The highest BCUT2D eigenvalue weighted by atomic mass is 35.5. The smallest absolute Gasteiger partial charge is 0.241 e. The third-order valence-corrected chi connectivity index (χ3v) is 6.97. The van der Waals surface area contributed by atoms with Crippen molar-refractivity contribution >= 4 is 52.5 Å². The molecule has 1 atom stereocenters. The van der Waals surface area contributed by atoms with Gasteiger partial charge in [-0.3, -0.25) is 15.6 Å². The molecule has 33 heavy (non-hydrogen) atoms. The molecule has 1 unspecified atom stereocenters. The van der Waals surface area contributed by atoms with Crippen LogP contribution in [0.25, 0.3) is 10.9 Å². The molecule has 1 aliphatic rings. The van der Waals surface area contributed by atoms with Gasteiger partial charge in [0.25, 0.3) is 0 Å². The molecular formula is C22H23ClN8OS. The Labute approximate surface area is 200 Å². The fourth-order valence-corrected chi connectivity index (χ4v) is 4.85. The minimum Gasteiger partial charge on any atom is -0.361 e. The number of amidine groups is 1. The fraction of sp³-hybridized carbons (Fsp3) is 0.273. The van der Waals surface area contributed by atoms with E-state index in [0.29, 0.717) is 36.8 Å². The van der Waals surface area contributed by atoms with Gasteiger partial charge < -0.3 is 19.4 Å². The molecule has 2 aromatic heterocycles. The first-order chi connectivity index (χ1) is 16.0. The Kier molecular flexibility index (Phi) is 7.03. The number of H-pyrrole nitrogens is 1. The summed E-state index contributed by atoms with van der Waals surface area (Å²) in [5.74, 6) is 0.0908. The summed E-state index contributed by atoms with van der Waals surface area (Å²) in [5, 5.41) is 26.4. The van der Waals surface area contributed by atoms with Crippen molar-refractivity contribution in [3.8, 4) is 6.07 Å². The van der Waals surface area contributed by atoms with Crippen molar-refractivity contribution in [2.45, 2.75) is 23.9 Å². The number of nitriles is 1. The number of benzene rings is 1. The highest BCUT2D eigenvalue weighted by Crippen LogP contribution is 2.30. The van der Waals surface area contributed by atoms with E-state index in [9.17, 15) is 10.1 Å². The summed E-state index contributed by atoms with van der Waals surface area (Å²) in [6.45, 7) is 1.49. The number of aromatic nitrogens is 2. The Bertz CT molecular complexity index is 1230. The maximum absolute atomic E-state index is 13.4. The van der Waals surface area contributed by atoms with E-state index in [-0.39, 0.29) is 18.3 Å². The first kappa shape index (κ1) is 22.9. The van der Waals surface area contributed by atoms with Gasteiger partial charge >= 0.3 is 0 Å². The van der Waals surface area contributed by atoms with Crippen LogP contribution in [0.1, 0.15) is 12.1 Å². The number of hydrogen-bond donors (Lipinski definition) is 4. The monoisotopic (exact) mass is 482 g/mol. The van der Waals surface area contributed by atoms with E-state index in [4.69, 9.17) is 22.4 Å². The summed E-state index contributed by atoms with van der Waals surface area (Å²) in [6.07, 6.45) is 5.24. The molecule has 0 saturated carbocycles. The molecule has 0 spiro atoms. The summed E-state index contributed by atoms with van der Waals surface area (Å²) >= 11 is 7.75. The Hall–Kier alpha value is -3.26. The number of piperazine rings is 1. The zero-order chi connectivity index (χ0) is 23.4. The molecule has 0 radical (unpaired) electrons. The van der Waals surface area contributed by atoms with Crippen LogP contribution in [0.3, 0.4) is 0 Å². The SMILES string of the molecule is N#Cc1cccn1CCC(NSc1cc2[nH]ccc2cc1Cl)C(=O)N1CCN(C=N)C(=N)C1. The van der Waals surface area contributed by atoms with Gasteiger partial charge in [0.2, 0.25) is 5.91 Å². The van der Waals surface area contributed by atoms with Crippen LogP contribution in [0.4, 0.5) is 0 Å². The Balaban J connectivity index is 1.50. The predicted octanol–water partition coefficient (Wildman–Crippen LogP) is 3.28. The lowest BCUT2D eigenvalue weighted by atomic mass is 10.1. The largest absolute Gasteiger partial charge is 0.361 e. The molecule has 11 heteroatoms. The molecule has 1 fully saturated rings. The average Bonchev–Trinajstić information content (AvgIpc) is 3.47. The van der Waals surface area contributed by atoms with E-state index in [1.54, 1.807) is 17.0 Å². The van der Waals surface area contributed by atoms with E-state index >= 15 is 0 Å². The van der Waals surface area contributed by atoms with Gasteiger partial charge in [0, 0.05) is 47.8 Å². The molecular weight excluding hydrogens is 460 g/mol. The lowest BCUT2D eigenvalue weighted by Crippen LogP contribution is -2.55. The van der Waals surface area contributed by atoms with Crippen molar-refractivity contribution in [2.24, 2.45) is 0 Å². The fourth-order valence-electron chi connectivity index (χ4n) is 3.74. The van der Waals surface area contributed by atoms with E-state index in [1.807, 2.05) is 35.2 Å². The van der Waals surface area contributed by atoms with Crippen LogP contribution in [-0.2, 0) is 11.3 Å². The van der Waals surface area contributed by atoms with Gasteiger partial charge in [-0.2, -0.15) is 5.26 Å². The molecule has 0 bridgehead atoms. The van der Waals surface area contributed by atoms with Gasteiger partial charge in [0.15, 0.2) is 0 Å². The molecule has 0 aliphatic carbocycles. The van der Waals surface area contributed by atoms with Crippen LogP contribution in [0.5, 0.6) is 0 Å². The standard InChI is InChI=1S/C22H23ClN8OS/c23-17-10-15-3-5-27-19(15)11-20(17)33-28-18(4-7-29-6-1-2-16(29)12-24)22(32)30-8-9-31(14-25)21(26)13-30/h1-3,5-6,10-11,14,18,25-28H,4,7-9,13H2. The van der Waals surface area contributed by atoms with Gasteiger partial charge in [-0.1, -0.05) is 11.6 Å². The van der Waals surface area contributed by atoms with Gasteiger partial charge in [0.1, 0.15) is 17.6 Å². The van der Waals surface area contributed by atoms with Crippen LogP contribution in [0.2, 0.25) is 5.02 Å². The van der Waals surface area contributed by atoms with Crippen molar-refractivity contribution in [1.29, 1.82) is 16.1 Å². The minimum absolute atomic E-state index is 0.125. The van der Waals surface area contributed by atoms with E-state index < -0.39 is 6.04 Å². The number of rotatable bonds is 8. The molecule has 4 rings (SSSR count). The Morgan fingerprint density at radius 1 is 1.39 bits per heavy atom. The molecule has 1 aromatic carbocycles. The van der Waals surface area contributed by atoms with Crippen LogP contribution >= 0.6 is 23.5 Å². The van der Waals surface area contributed by atoms with Crippen LogP contribution < -0.4 is 4.72 Å². The van der Waals surface area contributed by atoms with Crippen molar-refractivity contribution < 1.29 is 4.79 Å². The van der Waals surface area contributed by atoms with E-state index in [2.05, 4.69) is 15.8 Å². The molecule has 9 nitrogen and oxygen atoms in total. The summed E-state index contributed by atoms with van der Waals surface area (Å²) in [6, 6.07) is 10.9. The quantitative estimate of drug-likeness (QED) is 0.222. The summed E-state index contributed by atoms with van der Waals surface area (Å²) < 4.78 is 5.09. The van der Waals surface area contributed by atoms with Crippen molar-refractivity contribution in [3.05, 3.63) is 53.4 Å².